The van der Waals surface area contributed by atoms with E-state index in [1.54, 1.807) is 19.2 Å². The van der Waals surface area contributed by atoms with Gasteiger partial charge < -0.3 is 9.47 Å². The predicted molar refractivity (Wildman–Crippen MR) is 71.7 cm³/mol. The number of benzene rings is 1. The van der Waals surface area contributed by atoms with E-state index in [4.69, 9.17) is 9.47 Å². The first-order chi connectivity index (χ1) is 8.77. The molecular weight excluding hydrogens is 231 g/mol. The van der Waals surface area contributed by atoms with E-state index < -0.39 is 0 Å². The van der Waals surface area contributed by atoms with Crippen molar-refractivity contribution >= 4 is 5.76 Å². The molecule has 0 aliphatic rings. The van der Waals surface area contributed by atoms with Gasteiger partial charge in [0, 0.05) is 19.3 Å². The Morgan fingerprint density at radius 1 is 1.17 bits per heavy atom. The summed E-state index contributed by atoms with van der Waals surface area (Å²) in [5.74, 6) is 0.601. The molecule has 100 valence electrons. The number of hydrogen-bond donors (Lipinski definition) is 0. The van der Waals surface area contributed by atoms with Gasteiger partial charge in [0.1, 0.15) is 11.6 Å². The van der Waals surface area contributed by atoms with Crippen LogP contribution in [0.5, 0.6) is 0 Å². The number of methoxy groups -OCH3 is 1. The van der Waals surface area contributed by atoms with Gasteiger partial charge in [-0.05, 0) is 49.6 Å². The molecule has 0 amide bonds. The maximum atomic E-state index is 12.9. The van der Waals surface area contributed by atoms with Gasteiger partial charge in [0.05, 0.1) is 6.61 Å². The van der Waals surface area contributed by atoms with Crippen LogP contribution in [0.1, 0.15) is 31.7 Å². The van der Waals surface area contributed by atoms with E-state index in [2.05, 4.69) is 6.92 Å². The van der Waals surface area contributed by atoms with Crippen LogP contribution in [0.15, 0.2) is 30.3 Å². The molecule has 0 aliphatic carbocycles. The van der Waals surface area contributed by atoms with Gasteiger partial charge in [0.2, 0.25) is 0 Å². The smallest absolute Gasteiger partial charge is 0.123 e. The van der Waals surface area contributed by atoms with Crippen LogP contribution in [-0.2, 0) is 9.47 Å². The van der Waals surface area contributed by atoms with E-state index in [-0.39, 0.29) is 5.82 Å². The van der Waals surface area contributed by atoms with E-state index in [1.165, 1.54) is 12.1 Å². The van der Waals surface area contributed by atoms with E-state index in [9.17, 15) is 4.39 Å². The molecule has 0 atom stereocenters. The van der Waals surface area contributed by atoms with Gasteiger partial charge in [-0.2, -0.15) is 0 Å². The van der Waals surface area contributed by atoms with Crippen molar-refractivity contribution in [2.24, 2.45) is 0 Å². The number of allylic oxidation sites excluding steroid dienone is 1. The molecule has 0 aromatic heterocycles. The van der Waals surface area contributed by atoms with Gasteiger partial charge in [-0.1, -0.05) is 6.92 Å². The van der Waals surface area contributed by atoms with Gasteiger partial charge in [-0.25, -0.2) is 4.39 Å². The normalized spacial score (nSPS) is 11.6. The van der Waals surface area contributed by atoms with Crippen molar-refractivity contribution in [2.75, 3.05) is 20.3 Å². The van der Waals surface area contributed by atoms with Crippen molar-refractivity contribution in [1.29, 1.82) is 0 Å². The molecule has 0 saturated carbocycles. The maximum Gasteiger partial charge on any atom is 0.123 e. The minimum absolute atomic E-state index is 0.227. The summed E-state index contributed by atoms with van der Waals surface area (Å²) < 4.78 is 23.6. The quantitative estimate of drug-likeness (QED) is 0.514. The third-order valence-corrected chi connectivity index (χ3v) is 2.52. The highest BCUT2D eigenvalue weighted by molar-refractivity contribution is 5.59. The van der Waals surface area contributed by atoms with E-state index in [1.807, 2.05) is 6.08 Å². The second-order valence-corrected chi connectivity index (χ2v) is 4.03. The Hall–Kier alpha value is -1.35. The van der Waals surface area contributed by atoms with Crippen molar-refractivity contribution < 1.29 is 13.9 Å². The lowest BCUT2D eigenvalue weighted by Crippen LogP contribution is -1.98. The Morgan fingerprint density at radius 3 is 2.44 bits per heavy atom. The van der Waals surface area contributed by atoms with Crippen molar-refractivity contribution in [1.82, 2.24) is 0 Å². The molecule has 0 saturated heterocycles. The lowest BCUT2D eigenvalue weighted by molar-refractivity contribution is 0.179. The largest absolute Gasteiger partial charge is 0.493 e. The average molecular weight is 252 g/mol. The molecule has 2 nitrogen and oxygen atoms in total. The summed E-state index contributed by atoms with van der Waals surface area (Å²) >= 11 is 0. The van der Waals surface area contributed by atoms with Crippen molar-refractivity contribution in [2.45, 2.75) is 26.2 Å². The Balaban J connectivity index is 2.50. The highest BCUT2D eigenvalue weighted by Crippen LogP contribution is 2.17. The molecular formula is C15H21FO2. The zero-order chi connectivity index (χ0) is 13.2. The molecule has 0 radical (unpaired) electrons. The topological polar surface area (TPSA) is 18.5 Å². The minimum atomic E-state index is -0.227. The van der Waals surface area contributed by atoms with Crippen molar-refractivity contribution in [3.8, 4) is 0 Å². The third kappa shape index (κ3) is 5.32. The zero-order valence-electron chi connectivity index (χ0n) is 11.1. The second-order valence-electron chi connectivity index (χ2n) is 4.03. The van der Waals surface area contributed by atoms with Gasteiger partial charge in [-0.3, -0.25) is 0 Å². The van der Waals surface area contributed by atoms with Crippen LogP contribution < -0.4 is 0 Å². The number of hydrogen-bond acceptors (Lipinski definition) is 2. The average Bonchev–Trinajstić information content (AvgIpc) is 2.38. The molecule has 0 aliphatic heterocycles. The highest BCUT2D eigenvalue weighted by atomic mass is 19.1. The number of unbranched alkanes of at least 4 members (excludes halogenated alkanes) is 1. The van der Waals surface area contributed by atoms with Gasteiger partial charge in [-0.15, -0.1) is 0 Å². The fraction of sp³-hybridized carbons (Fsp3) is 0.467. The molecule has 0 heterocycles. The molecule has 3 heteroatoms. The fourth-order valence-electron chi connectivity index (χ4n) is 1.59. The van der Waals surface area contributed by atoms with E-state index in [0.29, 0.717) is 6.61 Å². The molecule has 0 N–H and O–H groups in total. The number of halogens is 1. The number of ether oxygens (including phenoxy) is 2. The van der Waals surface area contributed by atoms with Crippen LogP contribution in [0.2, 0.25) is 0 Å². The Morgan fingerprint density at radius 2 is 1.83 bits per heavy atom. The summed E-state index contributed by atoms with van der Waals surface area (Å²) in [5.41, 5.74) is 0.921. The Labute approximate surface area is 108 Å². The maximum absolute atomic E-state index is 12.9. The standard InChI is InChI=1S/C15H21FO2/c1-3-6-15(18-12-5-4-11-17-2)13-7-9-14(16)10-8-13/h6-10H,3-5,11-12H2,1-2H3/b15-6+. The first kappa shape index (κ1) is 14.7. The summed E-state index contributed by atoms with van der Waals surface area (Å²) in [6.45, 7) is 3.47. The van der Waals surface area contributed by atoms with Gasteiger partial charge in [0.15, 0.2) is 0 Å². The van der Waals surface area contributed by atoms with E-state index in [0.717, 1.165) is 37.2 Å². The minimum Gasteiger partial charge on any atom is -0.493 e. The molecule has 1 aromatic rings. The summed E-state index contributed by atoms with van der Waals surface area (Å²) in [6.07, 6.45) is 4.85. The van der Waals surface area contributed by atoms with Crippen LogP contribution in [0.25, 0.3) is 5.76 Å². The molecule has 1 rings (SSSR count). The van der Waals surface area contributed by atoms with Gasteiger partial charge >= 0.3 is 0 Å². The predicted octanol–water partition coefficient (Wildman–Crippen LogP) is 4.02. The van der Waals surface area contributed by atoms with Crippen molar-refractivity contribution in [3.63, 3.8) is 0 Å². The first-order valence-corrected chi connectivity index (χ1v) is 6.35. The lowest BCUT2D eigenvalue weighted by Gasteiger charge is -2.10. The van der Waals surface area contributed by atoms with Crippen LogP contribution >= 0.6 is 0 Å². The molecule has 1 aromatic carbocycles. The second kappa shape index (κ2) is 8.70. The molecule has 0 spiro atoms. The number of rotatable bonds is 8. The van der Waals surface area contributed by atoms with Crippen LogP contribution in [0, 0.1) is 5.82 Å². The van der Waals surface area contributed by atoms with Crippen LogP contribution in [0.4, 0.5) is 4.39 Å². The van der Waals surface area contributed by atoms with Crippen LogP contribution in [-0.4, -0.2) is 20.3 Å². The zero-order valence-corrected chi connectivity index (χ0v) is 11.1. The fourth-order valence-corrected chi connectivity index (χ4v) is 1.59. The molecule has 0 bridgehead atoms. The summed E-state index contributed by atoms with van der Waals surface area (Å²) in [7, 11) is 1.70. The van der Waals surface area contributed by atoms with Gasteiger partial charge in [0.25, 0.3) is 0 Å². The molecule has 18 heavy (non-hydrogen) atoms. The van der Waals surface area contributed by atoms with Crippen LogP contribution in [0.3, 0.4) is 0 Å². The SMILES string of the molecule is CC/C=C(/OCCCCOC)c1ccc(F)cc1. The first-order valence-electron chi connectivity index (χ1n) is 6.35. The Kier molecular flexibility index (Phi) is 7.11. The third-order valence-electron chi connectivity index (χ3n) is 2.52. The molecule has 0 fully saturated rings. The van der Waals surface area contributed by atoms with Crippen molar-refractivity contribution in [3.05, 3.63) is 41.7 Å². The summed E-state index contributed by atoms with van der Waals surface area (Å²) in [4.78, 5) is 0. The van der Waals surface area contributed by atoms with E-state index >= 15 is 0 Å². The summed E-state index contributed by atoms with van der Waals surface area (Å²) in [6, 6.07) is 6.39. The highest BCUT2D eigenvalue weighted by Gasteiger charge is 2.02. The summed E-state index contributed by atoms with van der Waals surface area (Å²) in [5, 5.41) is 0. The lowest BCUT2D eigenvalue weighted by atomic mass is 10.1. The molecule has 0 unspecified atom stereocenters. The monoisotopic (exact) mass is 252 g/mol. The Bertz CT molecular complexity index is 357.